The van der Waals surface area contributed by atoms with Gasteiger partial charge in [-0.2, -0.15) is 0 Å². The quantitative estimate of drug-likeness (QED) is 0.774. The Balaban J connectivity index is 1.87. The molecule has 0 saturated carbocycles. The van der Waals surface area contributed by atoms with Crippen LogP contribution in [0.5, 0.6) is 0 Å². The molecule has 0 saturated heterocycles. The maximum absolute atomic E-state index is 3.70. The van der Waals surface area contributed by atoms with Gasteiger partial charge < -0.3 is 10.3 Å². The van der Waals surface area contributed by atoms with Gasteiger partial charge in [0, 0.05) is 23.1 Å². The van der Waals surface area contributed by atoms with Gasteiger partial charge in [-0.3, -0.25) is 0 Å². The molecule has 2 N–H and O–H groups in total. The molecular formula is C18H19BrN2. The van der Waals surface area contributed by atoms with Crippen LogP contribution in [-0.4, -0.2) is 11.5 Å². The smallest absolute Gasteiger partial charge is 0.0729 e. The van der Waals surface area contributed by atoms with Gasteiger partial charge in [0.1, 0.15) is 0 Å². The minimum atomic E-state index is 0.299. The third-order valence-corrected chi connectivity index (χ3v) is 5.24. The van der Waals surface area contributed by atoms with Crippen molar-refractivity contribution >= 4 is 26.8 Å². The molecule has 0 amide bonds. The van der Waals surface area contributed by atoms with Gasteiger partial charge in [-0.1, -0.05) is 40.2 Å². The topological polar surface area (TPSA) is 27.8 Å². The minimum Gasteiger partial charge on any atom is -0.356 e. The molecule has 2 heterocycles. The summed E-state index contributed by atoms with van der Waals surface area (Å²) in [5, 5.41) is 5.08. The fourth-order valence-corrected chi connectivity index (χ4v) is 4.07. The zero-order chi connectivity index (χ0) is 14.4. The molecule has 1 atom stereocenters. The average molecular weight is 343 g/mol. The molecule has 0 fully saturated rings. The van der Waals surface area contributed by atoms with E-state index in [0.29, 0.717) is 6.04 Å². The number of rotatable bonds is 1. The van der Waals surface area contributed by atoms with Crippen molar-refractivity contribution in [3.05, 3.63) is 57.2 Å². The molecule has 0 radical (unpaired) electrons. The summed E-state index contributed by atoms with van der Waals surface area (Å²) in [5.74, 6) is 0. The van der Waals surface area contributed by atoms with Gasteiger partial charge in [0.2, 0.25) is 0 Å². The summed E-state index contributed by atoms with van der Waals surface area (Å²) in [6, 6.07) is 6.90. The molecule has 1 aliphatic heterocycles. The molecule has 1 unspecified atom stereocenters. The molecule has 0 bridgehead atoms. The third-order valence-electron chi connectivity index (χ3n) is 4.61. The Labute approximate surface area is 133 Å². The van der Waals surface area contributed by atoms with E-state index in [1.54, 1.807) is 0 Å². The summed E-state index contributed by atoms with van der Waals surface area (Å²) in [6.07, 6.45) is 8.01. The Morgan fingerprint density at radius 2 is 2.14 bits per heavy atom. The summed E-state index contributed by atoms with van der Waals surface area (Å²) >= 11 is 3.66. The molecule has 2 aromatic rings. The van der Waals surface area contributed by atoms with Crippen LogP contribution in [0, 0.1) is 6.92 Å². The number of allylic oxidation sites excluding steroid dienone is 2. The normalized spacial score (nSPS) is 21.9. The molecule has 108 valence electrons. The first-order valence-electron chi connectivity index (χ1n) is 7.63. The Kier molecular flexibility index (Phi) is 3.27. The van der Waals surface area contributed by atoms with Crippen LogP contribution >= 0.6 is 15.9 Å². The van der Waals surface area contributed by atoms with Crippen LogP contribution < -0.4 is 5.32 Å². The van der Waals surface area contributed by atoms with E-state index >= 15 is 0 Å². The molecule has 4 rings (SSSR count). The maximum atomic E-state index is 3.70. The second-order valence-corrected chi connectivity index (χ2v) is 7.00. The second kappa shape index (κ2) is 5.15. The highest BCUT2D eigenvalue weighted by Gasteiger charge is 2.26. The molecule has 0 spiro atoms. The number of aromatic nitrogens is 1. The zero-order valence-electron chi connectivity index (χ0n) is 12.2. The average Bonchev–Trinajstić information content (AvgIpc) is 2.87. The van der Waals surface area contributed by atoms with E-state index in [9.17, 15) is 0 Å². The van der Waals surface area contributed by atoms with Crippen LogP contribution in [-0.2, 0) is 6.42 Å². The lowest BCUT2D eigenvalue weighted by Gasteiger charge is -2.27. The fraction of sp³-hybridized carbons (Fsp3) is 0.333. The highest BCUT2D eigenvalue weighted by Crippen LogP contribution is 2.37. The van der Waals surface area contributed by atoms with Crippen LogP contribution in [0.15, 0.2) is 40.4 Å². The van der Waals surface area contributed by atoms with Crippen molar-refractivity contribution < 1.29 is 0 Å². The largest absolute Gasteiger partial charge is 0.356 e. The monoisotopic (exact) mass is 342 g/mol. The third kappa shape index (κ3) is 2.19. The van der Waals surface area contributed by atoms with Crippen LogP contribution in [0.1, 0.15) is 35.7 Å². The number of para-hydroxylation sites is 1. The van der Waals surface area contributed by atoms with Crippen molar-refractivity contribution in [2.45, 2.75) is 32.2 Å². The van der Waals surface area contributed by atoms with E-state index in [4.69, 9.17) is 0 Å². The highest BCUT2D eigenvalue weighted by molar-refractivity contribution is 9.11. The number of H-pyrrole nitrogens is 1. The van der Waals surface area contributed by atoms with Gasteiger partial charge in [0.25, 0.3) is 0 Å². The first-order valence-corrected chi connectivity index (χ1v) is 8.43. The van der Waals surface area contributed by atoms with Gasteiger partial charge in [-0.05, 0) is 53.4 Å². The molecule has 1 aromatic carbocycles. The van der Waals surface area contributed by atoms with E-state index in [1.807, 2.05) is 0 Å². The molecule has 1 aliphatic carbocycles. The Bertz CT molecular complexity index is 767. The highest BCUT2D eigenvalue weighted by atomic mass is 79.9. The van der Waals surface area contributed by atoms with Crippen LogP contribution in [0.25, 0.3) is 10.9 Å². The SMILES string of the molecule is Cc1cccc2c3c([nH]c12)C(C1=CCCC(Br)=C1)NCC3. The van der Waals surface area contributed by atoms with Gasteiger partial charge in [-0.15, -0.1) is 0 Å². The number of hydrogen-bond donors (Lipinski definition) is 2. The number of hydrogen-bond acceptors (Lipinski definition) is 1. The van der Waals surface area contributed by atoms with Gasteiger partial charge >= 0.3 is 0 Å². The summed E-state index contributed by atoms with van der Waals surface area (Å²) in [6.45, 7) is 3.23. The number of fused-ring (bicyclic) bond motifs is 3. The van der Waals surface area contributed by atoms with E-state index in [0.717, 1.165) is 25.8 Å². The lowest BCUT2D eigenvalue weighted by molar-refractivity contribution is 0.556. The lowest BCUT2D eigenvalue weighted by atomic mass is 9.91. The number of nitrogens with one attached hydrogen (secondary N) is 2. The van der Waals surface area contributed by atoms with Crippen molar-refractivity contribution in [1.82, 2.24) is 10.3 Å². The van der Waals surface area contributed by atoms with Crippen molar-refractivity contribution in [3.8, 4) is 0 Å². The molecule has 2 aliphatic rings. The molecular weight excluding hydrogens is 324 g/mol. The summed E-state index contributed by atoms with van der Waals surface area (Å²) in [7, 11) is 0. The first-order chi connectivity index (χ1) is 10.2. The van der Waals surface area contributed by atoms with Gasteiger partial charge in [0.05, 0.1) is 6.04 Å². The van der Waals surface area contributed by atoms with Crippen molar-refractivity contribution in [2.75, 3.05) is 6.54 Å². The lowest BCUT2D eigenvalue weighted by Crippen LogP contribution is -2.31. The Morgan fingerprint density at radius 3 is 3.00 bits per heavy atom. The van der Waals surface area contributed by atoms with Crippen LogP contribution in [0.3, 0.4) is 0 Å². The molecule has 21 heavy (non-hydrogen) atoms. The number of benzene rings is 1. The van der Waals surface area contributed by atoms with E-state index in [2.05, 4.69) is 63.5 Å². The maximum Gasteiger partial charge on any atom is 0.0729 e. The summed E-state index contributed by atoms with van der Waals surface area (Å²) in [5.41, 5.74) is 6.87. The standard InChI is InChI=1S/C18H19BrN2/c1-11-4-2-7-14-15-8-9-20-17(18(15)21-16(11)14)12-5-3-6-13(19)10-12/h2,4-5,7,10,17,20-21H,3,6,8-9H2,1H3. The van der Waals surface area contributed by atoms with Crippen molar-refractivity contribution in [2.24, 2.45) is 0 Å². The van der Waals surface area contributed by atoms with Gasteiger partial charge in [0.15, 0.2) is 0 Å². The molecule has 3 heteroatoms. The Hall–Kier alpha value is -1.32. The first kappa shape index (κ1) is 13.4. The second-order valence-electron chi connectivity index (χ2n) is 5.99. The van der Waals surface area contributed by atoms with Crippen molar-refractivity contribution in [1.29, 1.82) is 0 Å². The minimum absolute atomic E-state index is 0.299. The summed E-state index contributed by atoms with van der Waals surface area (Å²) in [4.78, 5) is 3.70. The zero-order valence-corrected chi connectivity index (χ0v) is 13.8. The van der Waals surface area contributed by atoms with E-state index in [1.165, 1.54) is 37.8 Å². The van der Waals surface area contributed by atoms with Crippen LogP contribution in [0.4, 0.5) is 0 Å². The van der Waals surface area contributed by atoms with E-state index in [-0.39, 0.29) is 0 Å². The predicted octanol–water partition coefficient (Wildman–Crippen LogP) is 4.66. The predicted molar refractivity (Wildman–Crippen MR) is 91.8 cm³/mol. The molecule has 1 aromatic heterocycles. The molecule has 2 nitrogen and oxygen atoms in total. The fourth-order valence-electron chi connectivity index (χ4n) is 3.57. The van der Waals surface area contributed by atoms with Crippen molar-refractivity contribution in [3.63, 3.8) is 0 Å². The van der Waals surface area contributed by atoms with Crippen LogP contribution in [0.2, 0.25) is 0 Å². The number of aromatic amines is 1. The Morgan fingerprint density at radius 1 is 1.24 bits per heavy atom. The number of aryl methyl sites for hydroxylation is 1. The number of halogens is 1. The summed E-state index contributed by atoms with van der Waals surface area (Å²) < 4.78 is 1.31. The van der Waals surface area contributed by atoms with E-state index < -0.39 is 0 Å². The van der Waals surface area contributed by atoms with Gasteiger partial charge in [-0.25, -0.2) is 0 Å².